The van der Waals surface area contributed by atoms with Gasteiger partial charge in [0.1, 0.15) is 5.84 Å². The Morgan fingerprint density at radius 2 is 1.89 bits per heavy atom. The van der Waals surface area contributed by atoms with E-state index in [1.807, 2.05) is 44.2 Å². The third-order valence-electron chi connectivity index (χ3n) is 5.12. The number of carbonyl (C=O) groups is 1. The molecular formula is C22H23ClN2O3. The van der Waals surface area contributed by atoms with Crippen LogP contribution < -0.4 is 9.47 Å². The fraction of sp³-hybridized carbons (Fsp3) is 0.364. The Morgan fingerprint density at radius 3 is 2.61 bits per heavy atom. The van der Waals surface area contributed by atoms with Gasteiger partial charge in [0.2, 0.25) is 5.91 Å². The molecule has 0 N–H and O–H groups in total. The van der Waals surface area contributed by atoms with Gasteiger partial charge in [-0.1, -0.05) is 23.7 Å². The number of aliphatic imine (C=N–C) groups is 1. The number of nitrogens with zero attached hydrogens (tertiary/aromatic N) is 2. The highest BCUT2D eigenvalue weighted by Gasteiger charge is 2.36. The number of hydrogen-bond acceptors (Lipinski definition) is 4. The van der Waals surface area contributed by atoms with Gasteiger partial charge in [-0.15, -0.1) is 0 Å². The minimum Gasteiger partial charge on any atom is -0.490 e. The molecule has 2 aromatic carbocycles. The van der Waals surface area contributed by atoms with Crippen LogP contribution >= 0.6 is 11.6 Å². The van der Waals surface area contributed by atoms with Crippen molar-refractivity contribution in [1.82, 2.24) is 4.90 Å². The van der Waals surface area contributed by atoms with Crippen LogP contribution in [0, 0.1) is 0 Å². The summed E-state index contributed by atoms with van der Waals surface area (Å²) in [6, 6.07) is 11.6. The molecule has 1 atom stereocenters. The van der Waals surface area contributed by atoms with Crippen molar-refractivity contribution < 1.29 is 14.3 Å². The van der Waals surface area contributed by atoms with E-state index in [9.17, 15) is 4.79 Å². The van der Waals surface area contributed by atoms with Crippen molar-refractivity contribution in [2.24, 2.45) is 4.99 Å². The lowest BCUT2D eigenvalue weighted by Gasteiger charge is -2.41. The first-order valence-corrected chi connectivity index (χ1v) is 10.0. The molecule has 2 aliphatic rings. The Morgan fingerprint density at radius 1 is 1.14 bits per heavy atom. The number of fused-ring (bicyclic) bond motifs is 3. The zero-order chi connectivity index (χ0) is 19.7. The van der Waals surface area contributed by atoms with Gasteiger partial charge in [-0.3, -0.25) is 4.79 Å². The number of ether oxygens (including phenoxy) is 2. The molecule has 1 amide bonds. The highest BCUT2D eigenvalue weighted by molar-refractivity contribution is 6.31. The van der Waals surface area contributed by atoms with Gasteiger partial charge < -0.3 is 14.4 Å². The summed E-state index contributed by atoms with van der Waals surface area (Å²) in [4.78, 5) is 19.0. The molecule has 2 heterocycles. The van der Waals surface area contributed by atoms with E-state index >= 15 is 0 Å². The van der Waals surface area contributed by atoms with Gasteiger partial charge in [0, 0.05) is 17.1 Å². The molecule has 0 spiro atoms. The molecule has 0 radical (unpaired) electrons. The van der Waals surface area contributed by atoms with Crippen LogP contribution in [0.3, 0.4) is 0 Å². The maximum atomic E-state index is 12.5. The molecule has 0 aliphatic carbocycles. The second-order valence-electron chi connectivity index (χ2n) is 6.87. The van der Waals surface area contributed by atoms with Crippen molar-refractivity contribution in [3.8, 4) is 11.5 Å². The van der Waals surface area contributed by atoms with E-state index in [1.54, 1.807) is 0 Å². The van der Waals surface area contributed by atoms with E-state index < -0.39 is 0 Å². The lowest BCUT2D eigenvalue weighted by Crippen LogP contribution is -2.44. The Balaban J connectivity index is 1.76. The third-order valence-corrected chi connectivity index (χ3v) is 5.35. The highest BCUT2D eigenvalue weighted by Crippen LogP contribution is 2.41. The van der Waals surface area contributed by atoms with Gasteiger partial charge >= 0.3 is 0 Å². The fourth-order valence-electron chi connectivity index (χ4n) is 3.97. The standard InChI is InChI=1S/C22H23ClN2O3/c1-3-27-19-11-14-8-9-25-18(17(14)12-20(19)28-4-2)13-21(26)24-22(25)15-6-5-7-16(23)10-15/h5-7,10-12,18H,3-4,8-9,13H2,1-2H3. The minimum absolute atomic E-state index is 0.0578. The summed E-state index contributed by atoms with van der Waals surface area (Å²) >= 11 is 6.17. The summed E-state index contributed by atoms with van der Waals surface area (Å²) in [5, 5.41) is 0.632. The van der Waals surface area contributed by atoms with Crippen molar-refractivity contribution in [2.45, 2.75) is 32.7 Å². The van der Waals surface area contributed by atoms with Crippen LogP contribution in [0.1, 0.15) is 43.0 Å². The Labute approximate surface area is 169 Å². The van der Waals surface area contributed by atoms with Crippen LogP contribution in [0.5, 0.6) is 11.5 Å². The number of amides is 1. The van der Waals surface area contributed by atoms with E-state index in [4.69, 9.17) is 21.1 Å². The van der Waals surface area contributed by atoms with E-state index in [0.717, 1.165) is 35.6 Å². The smallest absolute Gasteiger partial charge is 0.250 e. The van der Waals surface area contributed by atoms with E-state index in [-0.39, 0.29) is 11.9 Å². The number of hydrogen-bond donors (Lipinski definition) is 0. The average Bonchev–Trinajstić information content (AvgIpc) is 2.68. The molecule has 0 saturated carbocycles. The van der Waals surface area contributed by atoms with E-state index in [1.165, 1.54) is 5.56 Å². The number of halogens is 1. The van der Waals surface area contributed by atoms with Gasteiger partial charge in [0.05, 0.1) is 25.7 Å². The Bertz CT molecular complexity index is 941. The molecule has 0 saturated heterocycles. The van der Waals surface area contributed by atoms with Crippen molar-refractivity contribution in [3.05, 3.63) is 58.1 Å². The van der Waals surface area contributed by atoms with Gasteiger partial charge in [0.15, 0.2) is 11.5 Å². The predicted octanol–water partition coefficient (Wildman–Crippen LogP) is 4.41. The summed E-state index contributed by atoms with van der Waals surface area (Å²) < 4.78 is 11.6. The molecular weight excluding hydrogens is 376 g/mol. The number of amidine groups is 1. The molecule has 0 aromatic heterocycles. The second-order valence-corrected chi connectivity index (χ2v) is 7.30. The quantitative estimate of drug-likeness (QED) is 0.748. The lowest BCUT2D eigenvalue weighted by molar-refractivity contribution is -0.119. The first-order chi connectivity index (χ1) is 13.6. The van der Waals surface area contributed by atoms with Gasteiger partial charge in [-0.25, -0.2) is 0 Å². The maximum absolute atomic E-state index is 12.5. The summed E-state index contributed by atoms with van der Waals surface area (Å²) in [5.74, 6) is 2.07. The van der Waals surface area contributed by atoms with E-state index in [0.29, 0.717) is 30.5 Å². The third kappa shape index (κ3) is 3.47. The van der Waals surface area contributed by atoms with Crippen LogP contribution in [0.2, 0.25) is 5.02 Å². The lowest BCUT2D eigenvalue weighted by atomic mass is 9.88. The minimum atomic E-state index is -0.115. The van der Waals surface area contributed by atoms with Crippen LogP contribution in [-0.4, -0.2) is 36.4 Å². The molecule has 4 rings (SSSR count). The summed E-state index contributed by atoms with van der Waals surface area (Å²) in [7, 11) is 0. The summed E-state index contributed by atoms with van der Waals surface area (Å²) in [6.45, 7) is 5.84. The average molecular weight is 399 g/mol. The normalized spacial score (nSPS) is 18.2. The topological polar surface area (TPSA) is 51.1 Å². The van der Waals surface area contributed by atoms with Crippen molar-refractivity contribution in [2.75, 3.05) is 19.8 Å². The van der Waals surface area contributed by atoms with Crippen LogP contribution in [0.4, 0.5) is 0 Å². The molecule has 2 aliphatic heterocycles. The maximum Gasteiger partial charge on any atom is 0.250 e. The largest absolute Gasteiger partial charge is 0.490 e. The SMILES string of the molecule is CCOc1cc2c(cc1OCC)C1CC(=O)N=C(c3cccc(Cl)c3)N1CC2. The molecule has 0 bridgehead atoms. The van der Waals surface area contributed by atoms with Gasteiger partial charge in [-0.05, 0) is 55.7 Å². The summed E-state index contributed by atoms with van der Waals surface area (Å²) in [6.07, 6.45) is 1.21. The number of carbonyl (C=O) groups excluding carboxylic acids is 1. The summed E-state index contributed by atoms with van der Waals surface area (Å²) in [5.41, 5.74) is 3.18. The van der Waals surface area contributed by atoms with E-state index in [2.05, 4.69) is 16.0 Å². The highest BCUT2D eigenvalue weighted by atomic mass is 35.5. The van der Waals surface area contributed by atoms with Crippen LogP contribution in [0.25, 0.3) is 0 Å². The molecule has 2 aromatic rings. The molecule has 5 nitrogen and oxygen atoms in total. The van der Waals surface area contributed by atoms with Crippen molar-refractivity contribution >= 4 is 23.3 Å². The molecule has 0 fully saturated rings. The first kappa shape index (κ1) is 18.8. The Hall–Kier alpha value is -2.53. The monoisotopic (exact) mass is 398 g/mol. The van der Waals surface area contributed by atoms with Crippen LogP contribution in [-0.2, 0) is 11.2 Å². The first-order valence-electron chi connectivity index (χ1n) is 9.67. The number of rotatable bonds is 5. The molecule has 146 valence electrons. The zero-order valence-corrected chi connectivity index (χ0v) is 16.8. The molecule has 1 unspecified atom stereocenters. The Kier molecular flexibility index (Phi) is 5.27. The van der Waals surface area contributed by atoms with Crippen molar-refractivity contribution in [1.29, 1.82) is 0 Å². The fourth-order valence-corrected chi connectivity index (χ4v) is 4.16. The molecule has 28 heavy (non-hydrogen) atoms. The van der Waals surface area contributed by atoms with Gasteiger partial charge in [0.25, 0.3) is 0 Å². The second kappa shape index (κ2) is 7.84. The molecule has 6 heteroatoms. The predicted molar refractivity (Wildman–Crippen MR) is 110 cm³/mol. The van der Waals surface area contributed by atoms with Gasteiger partial charge in [-0.2, -0.15) is 4.99 Å². The number of benzene rings is 2. The zero-order valence-electron chi connectivity index (χ0n) is 16.1. The van der Waals surface area contributed by atoms with Crippen molar-refractivity contribution in [3.63, 3.8) is 0 Å². The van der Waals surface area contributed by atoms with Crippen LogP contribution in [0.15, 0.2) is 41.4 Å².